The molecule has 0 aliphatic heterocycles. The third kappa shape index (κ3) is 5.70. The van der Waals surface area contributed by atoms with Crippen LogP contribution in [0.25, 0.3) is 0 Å². The number of ether oxygens (including phenoxy) is 1. The van der Waals surface area contributed by atoms with E-state index < -0.39 is 0 Å². The van der Waals surface area contributed by atoms with Crippen LogP contribution in [0.15, 0.2) is 60.7 Å². The molecule has 2 aromatic rings. The molecule has 0 radical (unpaired) electrons. The van der Waals surface area contributed by atoms with Crippen molar-refractivity contribution in [1.82, 2.24) is 0 Å². The zero-order valence-electron chi connectivity index (χ0n) is 13.5. The van der Waals surface area contributed by atoms with E-state index in [-0.39, 0.29) is 11.9 Å². The highest BCUT2D eigenvalue weighted by Gasteiger charge is 2.21. The standard InChI is InChI=1S/C20H23NO2/c1-23-20(22)18(13-12-16-8-4-2-5-9-16)15-19(21)14-17-10-6-3-7-11-17/h2-11,18,21H,12-15H2,1H3. The van der Waals surface area contributed by atoms with Crippen LogP contribution in [-0.4, -0.2) is 18.8 Å². The van der Waals surface area contributed by atoms with Crippen LogP contribution >= 0.6 is 0 Å². The maximum atomic E-state index is 12.0. The van der Waals surface area contributed by atoms with Crippen LogP contribution in [0, 0.1) is 11.3 Å². The van der Waals surface area contributed by atoms with Crippen LogP contribution in [0.3, 0.4) is 0 Å². The Kier molecular flexibility index (Phi) is 6.55. The quantitative estimate of drug-likeness (QED) is 0.590. The second-order valence-electron chi connectivity index (χ2n) is 5.71. The minimum Gasteiger partial charge on any atom is -0.469 e. The van der Waals surface area contributed by atoms with Crippen molar-refractivity contribution >= 4 is 11.7 Å². The molecule has 3 nitrogen and oxygen atoms in total. The van der Waals surface area contributed by atoms with Crippen LogP contribution in [-0.2, 0) is 22.4 Å². The lowest BCUT2D eigenvalue weighted by atomic mass is 9.92. The number of carbonyl (C=O) groups is 1. The molecule has 0 aliphatic rings. The van der Waals surface area contributed by atoms with Crippen LogP contribution in [0.5, 0.6) is 0 Å². The molecule has 23 heavy (non-hydrogen) atoms. The fourth-order valence-electron chi connectivity index (χ4n) is 2.67. The molecule has 3 heteroatoms. The highest BCUT2D eigenvalue weighted by molar-refractivity contribution is 5.87. The summed E-state index contributed by atoms with van der Waals surface area (Å²) >= 11 is 0. The van der Waals surface area contributed by atoms with E-state index in [9.17, 15) is 4.79 Å². The van der Waals surface area contributed by atoms with Gasteiger partial charge in [0.1, 0.15) is 0 Å². The van der Waals surface area contributed by atoms with Crippen molar-refractivity contribution in [2.45, 2.75) is 25.7 Å². The molecule has 1 N–H and O–H groups in total. The van der Waals surface area contributed by atoms with Crippen molar-refractivity contribution < 1.29 is 9.53 Å². The van der Waals surface area contributed by atoms with Gasteiger partial charge in [-0.25, -0.2) is 0 Å². The lowest BCUT2D eigenvalue weighted by Gasteiger charge is -2.15. The molecule has 0 amide bonds. The van der Waals surface area contributed by atoms with Crippen molar-refractivity contribution in [2.75, 3.05) is 7.11 Å². The first-order chi connectivity index (χ1) is 11.2. The number of nitrogens with one attached hydrogen (secondary N) is 1. The molecule has 0 saturated heterocycles. The Bertz CT molecular complexity index is 623. The minimum atomic E-state index is -0.253. The average molecular weight is 309 g/mol. The smallest absolute Gasteiger partial charge is 0.309 e. The van der Waals surface area contributed by atoms with Gasteiger partial charge in [0.05, 0.1) is 13.0 Å². The summed E-state index contributed by atoms with van der Waals surface area (Å²) in [6.45, 7) is 0. The van der Waals surface area contributed by atoms with Crippen molar-refractivity contribution in [2.24, 2.45) is 5.92 Å². The van der Waals surface area contributed by atoms with Gasteiger partial charge in [0.25, 0.3) is 0 Å². The Labute approximate surface area is 137 Å². The summed E-state index contributed by atoms with van der Waals surface area (Å²) < 4.78 is 4.92. The molecule has 0 saturated carbocycles. The topological polar surface area (TPSA) is 50.2 Å². The summed E-state index contributed by atoms with van der Waals surface area (Å²) in [4.78, 5) is 12.0. The molecule has 0 bridgehead atoms. The number of esters is 1. The second-order valence-corrected chi connectivity index (χ2v) is 5.71. The number of hydrogen-bond acceptors (Lipinski definition) is 3. The van der Waals surface area contributed by atoms with E-state index in [1.165, 1.54) is 12.7 Å². The van der Waals surface area contributed by atoms with Gasteiger partial charge in [-0.05, 0) is 30.4 Å². The molecule has 0 aliphatic carbocycles. The number of carbonyl (C=O) groups excluding carboxylic acids is 1. The van der Waals surface area contributed by atoms with Crippen molar-refractivity contribution in [3.05, 3.63) is 71.8 Å². The van der Waals surface area contributed by atoms with E-state index in [1.54, 1.807) is 0 Å². The van der Waals surface area contributed by atoms with E-state index in [0.717, 1.165) is 12.0 Å². The zero-order chi connectivity index (χ0) is 16.5. The van der Waals surface area contributed by atoms with Crippen LogP contribution in [0.1, 0.15) is 24.0 Å². The summed E-state index contributed by atoms with van der Waals surface area (Å²) in [5, 5.41) is 8.20. The predicted octanol–water partition coefficient (Wildman–Crippen LogP) is 4.06. The van der Waals surface area contributed by atoms with Gasteiger partial charge >= 0.3 is 5.97 Å². The molecule has 2 rings (SSSR count). The molecule has 0 aromatic heterocycles. The molecule has 2 aromatic carbocycles. The van der Waals surface area contributed by atoms with Crippen LogP contribution < -0.4 is 0 Å². The summed E-state index contributed by atoms with van der Waals surface area (Å²) in [6.07, 6.45) is 2.56. The van der Waals surface area contributed by atoms with Gasteiger partial charge < -0.3 is 10.1 Å². The van der Waals surface area contributed by atoms with Gasteiger partial charge in [-0.1, -0.05) is 60.7 Å². The van der Waals surface area contributed by atoms with Gasteiger partial charge in [0, 0.05) is 12.1 Å². The lowest BCUT2D eigenvalue weighted by Crippen LogP contribution is -2.21. The van der Waals surface area contributed by atoms with E-state index in [4.69, 9.17) is 10.1 Å². The Morgan fingerprint density at radius 3 is 2.13 bits per heavy atom. The minimum absolute atomic E-state index is 0.223. The zero-order valence-corrected chi connectivity index (χ0v) is 13.5. The van der Waals surface area contributed by atoms with Crippen molar-refractivity contribution in [1.29, 1.82) is 5.41 Å². The fraction of sp³-hybridized carbons (Fsp3) is 0.300. The van der Waals surface area contributed by atoms with E-state index in [0.29, 0.717) is 25.0 Å². The van der Waals surface area contributed by atoms with Gasteiger partial charge in [-0.15, -0.1) is 0 Å². The largest absolute Gasteiger partial charge is 0.469 e. The summed E-state index contributed by atoms with van der Waals surface area (Å²) in [5.41, 5.74) is 2.87. The number of hydrogen-bond donors (Lipinski definition) is 1. The SMILES string of the molecule is COC(=O)C(CCc1ccccc1)CC(=N)Cc1ccccc1. The summed E-state index contributed by atoms with van der Waals surface area (Å²) in [7, 11) is 1.42. The van der Waals surface area contributed by atoms with Crippen molar-refractivity contribution in [3.63, 3.8) is 0 Å². The summed E-state index contributed by atoms with van der Waals surface area (Å²) in [6, 6.07) is 20.0. The number of rotatable bonds is 8. The van der Waals surface area contributed by atoms with Crippen LogP contribution in [0.4, 0.5) is 0 Å². The average Bonchev–Trinajstić information content (AvgIpc) is 2.59. The normalized spacial score (nSPS) is 11.7. The van der Waals surface area contributed by atoms with E-state index in [1.807, 2.05) is 48.5 Å². The highest BCUT2D eigenvalue weighted by atomic mass is 16.5. The first-order valence-corrected chi connectivity index (χ1v) is 7.91. The number of methoxy groups -OCH3 is 1. The Hall–Kier alpha value is -2.42. The van der Waals surface area contributed by atoms with Crippen molar-refractivity contribution in [3.8, 4) is 0 Å². The third-order valence-electron chi connectivity index (χ3n) is 3.91. The number of benzene rings is 2. The first kappa shape index (κ1) is 16.9. The van der Waals surface area contributed by atoms with Gasteiger partial charge in [-0.3, -0.25) is 4.79 Å². The van der Waals surface area contributed by atoms with Gasteiger partial charge in [-0.2, -0.15) is 0 Å². The third-order valence-corrected chi connectivity index (χ3v) is 3.91. The van der Waals surface area contributed by atoms with Gasteiger partial charge in [0.2, 0.25) is 0 Å². The molecule has 0 fully saturated rings. The first-order valence-electron chi connectivity index (χ1n) is 7.91. The Morgan fingerprint density at radius 1 is 1.00 bits per heavy atom. The second kappa shape index (κ2) is 8.89. The summed E-state index contributed by atoms with van der Waals surface area (Å²) in [5.74, 6) is -0.477. The monoisotopic (exact) mass is 309 g/mol. The predicted molar refractivity (Wildman–Crippen MR) is 92.8 cm³/mol. The van der Waals surface area contributed by atoms with E-state index >= 15 is 0 Å². The lowest BCUT2D eigenvalue weighted by molar-refractivity contribution is -0.145. The molecule has 1 unspecified atom stereocenters. The molecular weight excluding hydrogens is 286 g/mol. The molecular formula is C20H23NO2. The molecule has 0 spiro atoms. The van der Waals surface area contributed by atoms with Gasteiger partial charge in [0.15, 0.2) is 0 Å². The maximum Gasteiger partial charge on any atom is 0.309 e. The Balaban J connectivity index is 1.92. The molecule has 1 atom stereocenters. The number of aryl methyl sites for hydroxylation is 1. The molecule has 120 valence electrons. The highest BCUT2D eigenvalue weighted by Crippen LogP contribution is 2.17. The molecule has 0 heterocycles. The van der Waals surface area contributed by atoms with Crippen LogP contribution in [0.2, 0.25) is 0 Å². The fourth-order valence-corrected chi connectivity index (χ4v) is 2.67. The maximum absolute atomic E-state index is 12.0. The Morgan fingerprint density at radius 2 is 1.57 bits per heavy atom. The van der Waals surface area contributed by atoms with E-state index in [2.05, 4.69) is 12.1 Å².